The van der Waals surface area contributed by atoms with E-state index in [9.17, 15) is 13.2 Å². The quantitative estimate of drug-likeness (QED) is 0.476. The Bertz CT molecular complexity index is 1260. The zero-order chi connectivity index (χ0) is 24.1. The van der Waals surface area contributed by atoms with Crippen molar-refractivity contribution >= 4 is 32.4 Å². The molecule has 8 heteroatoms. The summed E-state index contributed by atoms with van der Waals surface area (Å²) < 4.78 is 33.4. The number of carbonyl (C=O) groups excluding carboxylic acids is 1. The predicted molar refractivity (Wildman–Crippen MR) is 135 cm³/mol. The molecule has 1 unspecified atom stereocenters. The van der Waals surface area contributed by atoms with E-state index in [1.807, 2.05) is 32.0 Å². The third-order valence-electron chi connectivity index (χ3n) is 6.07. The van der Waals surface area contributed by atoms with Crippen LogP contribution < -0.4 is 15.4 Å². The molecule has 7 nitrogen and oxygen atoms in total. The molecule has 2 N–H and O–H groups in total. The first kappa shape index (κ1) is 24.2. The number of amides is 1. The number of hydrogen-bond acceptors (Lipinski definition) is 5. The molecule has 1 saturated heterocycles. The first-order valence-electron chi connectivity index (χ1n) is 11.7. The van der Waals surface area contributed by atoms with E-state index < -0.39 is 10.0 Å². The average Bonchev–Trinajstić information content (AvgIpc) is 3.39. The molecule has 0 saturated carbocycles. The number of fused-ring (bicyclic) bond motifs is 1. The number of nitrogens with one attached hydrogen (secondary N) is 2. The summed E-state index contributed by atoms with van der Waals surface area (Å²) in [5, 5.41) is 8.39. The minimum Gasteiger partial charge on any atom is -0.492 e. The minimum absolute atomic E-state index is 0.0386. The van der Waals surface area contributed by atoms with Crippen LogP contribution in [0, 0.1) is 0 Å². The third kappa shape index (κ3) is 5.24. The normalized spacial score (nSPS) is 15.4. The monoisotopic (exact) mass is 481 g/mol. The Morgan fingerprint density at radius 2 is 1.79 bits per heavy atom. The van der Waals surface area contributed by atoms with Crippen molar-refractivity contribution in [3.63, 3.8) is 0 Å². The molecule has 1 aliphatic heterocycles. The number of nitrogens with zero attached hydrogens (tertiary/aromatic N) is 1. The zero-order valence-corrected chi connectivity index (χ0v) is 20.4. The van der Waals surface area contributed by atoms with Gasteiger partial charge in [-0.2, -0.15) is 4.31 Å². The summed E-state index contributed by atoms with van der Waals surface area (Å²) in [4.78, 5) is 12.8. The SMILES string of the molecule is CCOc1ccc(NC(=O)CNC(C)c2cccc3ccccc23)cc1S(=O)(=O)N1CCCC1. The van der Waals surface area contributed by atoms with E-state index in [2.05, 4.69) is 34.9 Å². The van der Waals surface area contributed by atoms with Gasteiger partial charge in [0.25, 0.3) is 0 Å². The van der Waals surface area contributed by atoms with Gasteiger partial charge in [-0.05, 0) is 61.2 Å². The predicted octanol–water partition coefficient (Wildman–Crippen LogP) is 4.31. The summed E-state index contributed by atoms with van der Waals surface area (Å²) in [6.07, 6.45) is 1.69. The standard InChI is InChI=1S/C26H31N3O4S/c1-3-33-24-14-13-21(17-25(24)34(31,32)29-15-6-7-16-29)28-26(30)18-27-19(2)22-12-8-10-20-9-4-5-11-23(20)22/h4-5,8-14,17,19,27H,3,6-7,15-16,18H2,1-2H3,(H,28,30). The van der Waals surface area contributed by atoms with Gasteiger partial charge >= 0.3 is 0 Å². The van der Waals surface area contributed by atoms with E-state index in [-0.39, 0.29) is 23.4 Å². The second kappa shape index (κ2) is 10.5. The van der Waals surface area contributed by atoms with Crippen molar-refractivity contribution in [1.82, 2.24) is 9.62 Å². The van der Waals surface area contributed by atoms with Gasteiger partial charge in [-0.25, -0.2) is 8.42 Å². The lowest BCUT2D eigenvalue weighted by Gasteiger charge is -2.19. The average molecular weight is 482 g/mol. The van der Waals surface area contributed by atoms with Crippen LogP contribution >= 0.6 is 0 Å². The second-order valence-corrected chi connectivity index (χ2v) is 10.3. The van der Waals surface area contributed by atoms with Crippen molar-refractivity contribution in [2.45, 2.75) is 37.6 Å². The highest BCUT2D eigenvalue weighted by molar-refractivity contribution is 7.89. The molecule has 3 aromatic rings. The topological polar surface area (TPSA) is 87.7 Å². The van der Waals surface area contributed by atoms with Gasteiger partial charge in [0.15, 0.2) is 0 Å². The summed E-state index contributed by atoms with van der Waals surface area (Å²) in [6.45, 7) is 5.27. The molecule has 0 radical (unpaired) electrons. The van der Waals surface area contributed by atoms with Crippen molar-refractivity contribution in [2.75, 3.05) is 31.6 Å². The summed E-state index contributed by atoms with van der Waals surface area (Å²) in [7, 11) is -3.69. The number of sulfonamides is 1. The lowest BCUT2D eigenvalue weighted by atomic mass is 10.00. The van der Waals surface area contributed by atoms with Crippen LogP contribution in [-0.2, 0) is 14.8 Å². The van der Waals surface area contributed by atoms with Crippen LogP contribution in [0.1, 0.15) is 38.3 Å². The van der Waals surface area contributed by atoms with Gasteiger partial charge in [-0.15, -0.1) is 0 Å². The molecule has 0 spiro atoms. The molecular weight excluding hydrogens is 450 g/mol. The Labute approximate surface area is 201 Å². The highest BCUT2D eigenvalue weighted by atomic mass is 32.2. The molecule has 0 aromatic heterocycles. The van der Waals surface area contributed by atoms with E-state index in [0.717, 1.165) is 29.2 Å². The van der Waals surface area contributed by atoms with Gasteiger partial charge in [-0.1, -0.05) is 42.5 Å². The highest BCUT2D eigenvalue weighted by Gasteiger charge is 2.30. The van der Waals surface area contributed by atoms with Crippen LogP contribution in [0.3, 0.4) is 0 Å². The van der Waals surface area contributed by atoms with E-state index in [4.69, 9.17) is 4.74 Å². The molecule has 1 heterocycles. The number of rotatable bonds is 9. The van der Waals surface area contributed by atoms with Crippen LogP contribution in [-0.4, -0.2) is 44.9 Å². The van der Waals surface area contributed by atoms with Gasteiger partial charge < -0.3 is 15.4 Å². The zero-order valence-electron chi connectivity index (χ0n) is 19.6. The maximum absolute atomic E-state index is 13.2. The second-order valence-electron chi connectivity index (χ2n) is 8.42. The van der Waals surface area contributed by atoms with Gasteiger partial charge in [0.05, 0.1) is 13.2 Å². The van der Waals surface area contributed by atoms with Crippen LogP contribution in [0.15, 0.2) is 65.6 Å². The lowest BCUT2D eigenvalue weighted by Crippen LogP contribution is -2.30. The summed E-state index contributed by atoms with van der Waals surface area (Å²) in [5.41, 5.74) is 1.54. The highest BCUT2D eigenvalue weighted by Crippen LogP contribution is 2.31. The summed E-state index contributed by atoms with van der Waals surface area (Å²) in [6, 6.07) is 19.0. The minimum atomic E-state index is -3.69. The van der Waals surface area contributed by atoms with Crippen molar-refractivity contribution in [2.24, 2.45) is 0 Å². The number of benzene rings is 3. The Hall–Kier alpha value is -2.94. The lowest BCUT2D eigenvalue weighted by molar-refractivity contribution is -0.115. The van der Waals surface area contributed by atoms with Crippen LogP contribution in [0.5, 0.6) is 5.75 Å². The molecule has 1 amide bonds. The van der Waals surface area contributed by atoms with Gasteiger partial charge in [-0.3, -0.25) is 4.79 Å². The number of carbonyl (C=O) groups is 1. The molecule has 1 aliphatic rings. The maximum Gasteiger partial charge on any atom is 0.246 e. The van der Waals surface area contributed by atoms with E-state index in [1.54, 1.807) is 12.1 Å². The number of ether oxygens (including phenoxy) is 1. The fourth-order valence-corrected chi connectivity index (χ4v) is 5.99. The van der Waals surface area contributed by atoms with Crippen molar-refractivity contribution in [3.8, 4) is 5.75 Å². The molecule has 1 fully saturated rings. The largest absolute Gasteiger partial charge is 0.492 e. The summed E-state index contributed by atoms with van der Waals surface area (Å²) >= 11 is 0. The van der Waals surface area contributed by atoms with E-state index in [1.165, 1.54) is 10.4 Å². The van der Waals surface area contributed by atoms with Crippen molar-refractivity contribution in [1.29, 1.82) is 0 Å². The maximum atomic E-state index is 13.2. The molecule has 180 valence electrons. The van der Waals surface area contributed by atoms with Crippen molar-refractivity contribution < 1.29 is 17.9 Å². The van der Waals surface area contributed by atoms with Gasteiger partial charge in [0.2, 0.25) is 15.9 Å². The molecule has 4 rings (SSSR count). The van der Waals surface area contributed by atoms with E-state index >= 15 is 0 Å². The van der Waals surface area contributed by atoms with Crippen LogP contribution in [0.25, 0.3) is 10.8 Å². The van der Waals surface area contributed by atoms with Crippen LogP contribution in [0.4, 0.5) is 5.69 Å². The van der Waals surface area contributed by atoms with Crippen molar-refractivity contribution in [3.05, 3.63) is 66.2 Å². The first-order chi connectivity index (χ1) is 16.4. The molecule has 34 heavy (non-hydrogen) atoms. The fourth-order valence-electron chi connectivity index (χ4n) is 4.32. The summed E-state index contributed by atoms with van der Waals surface area (Å²) in [5.74, 6) is 0.0517. The Balaban J connectivity index is 1.46. The number of anilines is 1. The molecule has 1 atom stereocenters. The molecule has 0 aliphatic carbocycles. The smallest absolute Gasteiger partial charge is 0.246 e. The Morgan fingerprint density at radius 3 is 2.56 bits per heavy atom. The number of hydrogen-bond donors (Lipinski definition) is 2. The Kier molecular flexibility index (Phi) is 7.50. The van der Waals surface area contributed by atoms with Gasteiger partial charge in [0.1, 0.15) is 10.6 Å². The molecule has 0 bridgehead atoms. The Morgan fingerprint density at radius 1 is 1.06 bits per heavy atom. The third-order valence-corrected chi connectivity index (χ3v) is 7.99. The van der Waals surface area contributed by atoms with E-state index in [0.29, 0.717) is 31.1 Å². The van der Waals surface area contributed by atoms with Crippen LogP contribution in [0.2, 0.25) is 0 Å². The van der Waals surface area contributed by atoms with Gasteiger partial charge in [0, 0.05) is 24.8 Å². The fraction of sp³-hybridized carbons (Fsp3) is 0.346. The molecule has 3 aromatic carbocycles. The first-order valence-corrected chi connectivity index (χ1v) is 13.1. The molecular formula is C26H31N3O4S.